The van der Waals surface area contributed by atoms with Crippen LogP contribution in [0.15, 0.2) is 12.1 Å². The number of hydrogen-bond donors (Lipinski definition) is 0. The molecule has 2 rings (SSSR count). The lowest BCUT2D eigenvalue weighted by atomic mass is 9.74. The summed E-state index contributed by atoms with van der Waals surface area (Å²) >= 11 is 0. The summed E-state index contributed by atoms with van der Waals surface area (Å²) < 4.78 is 6.06. The average Bonchev–Trinajstić information content (AvgIpc) is 3.18. The molecular formula is C21H34O. The van der Waals surface area contributed by atoms with Crippen LogP contribution in [-0.4, -0.2) is 6.10 Å². The second-order valence-electron chi connectivity index (χ2n) is 8.67. The van der Waals surface area contributed by atoms with Crippen molar-refractivity contribution in [3.63, 3.8) is 0 Å². The van der Waals surface area contributed by atoms with Crippen molar-refractivity contribution in [3.8, 4) is 5.75 Å². The molecule has 1 aromatic rings. The van der Waals surface area contributed by atoms with Gasteiger partial charge in [0.15, 0.2) is 0 Å². The molecule has 0 heterocycles. The van der Waals surface area contributed by atoms with Crippen LogP contribution in [0.25, 0.3) is 0 Å². The van der Waals surface area contributed by atoms with Crippen LogP contribution in [0.2, 0.25) is 0 Å². The monoisotopic (exact) mass is 302 g/mol. The molecule has 0 saturated heterocycles. The highest BCUT2D eigenvalue weighted by Crippen LogP contribution is 2.47. The van der Waals surface area contributed by atoms with Crippen molar-refractivity contribution in [2.45, 2.75) is 91.6 Å². The Hall–Kier alpha value is -0.980. The zero-order valence-corrected chi connectivity index (χ0v) is 15.8. The van der Waals surface area contributed by atoms with Crippen LogP contribution >= 0.6 is 0 Å². The van der Waals surface area contributed by atoms with Gasteiger partial charge >= 0.3 is 0 Å². The van der Waals surface area contributed by atoms with Gasteiger partial charge in [0.05, 0.1) is 6.10 Å². The molecule has 22 heavy (non-hydrogen) atoms. The van der Waals surface area contributed by atoms with Crippen LogP contribution in [-0.2, 0) is 5.41 Å². The average molecular weight is 303 g/mol. The number of ether oxygens (including phenoxy) is 1. The molecule has 124 valence electrons. The summed E-state index contributed by atoms with van der Waals surface area (Å²) in [7, 11) is 0. The minimum Gasteiger partial charge on any atom is -0.491 e. The van der Waals surface area contributed by atoms with Gasteiger partial charge in [-0.1, -0.05) is 41.5 Å². The van der Waals surface area contributed by atoms with Gasteiger partial charge in [0.2, 0.25) is 0 Å². The van der Waals surface area contributed by atoms with Crippen LogP contribution in [0.4, 0.5) is 0 Å². The Morgan fingerprint density at radius 1 is 0.955 bits per heavy atom. The zero-order valence-electron chi connectivity index (χ0n) is 15.8. The number of rotatable bonds is 5. The molecule has 0 aliphatic heterocycles. The van der Waals surface area contributed by atoms with Crippen molar-refractivity contribution in [3.05, 3.63) is 28.8 Å². The van der Waals surface area contributed by atoms with Crippen LogP contribution in [0.5, 0.6) is 5.75 Å². The Labute approximate surface area is 137 Å². The molecule has 1 heteroatoms. The van der Waals surface area contributed by atoms with Gasteiger partial charge in [0.25, 0.3) is 0 Å². The van der Waals surface area contributed by atoms with Gasteiger partial charge in [0.1, 0.15) is 5.75 Å². The van der Waals surface area contributed by atoms with E-state index in [1.807, 2.05) is 0 Å². The molecule has 1 saturated carbocycles. The summed E-state index contributed by atoms with van der Waals surface area (Å²) in [6.07, 6.45) is 3.00. The Kier molecular flexibility index (Phi) is 4.94. The fourth-order valence-corrected chi connectivity index (χ4v) is 3.53. The molecule has 0 amide bonds. The quantitative estimate of drug-likeness (QED) is 0.610. The fourth-order valence-electron chi connectivity index (χ4n) is 3.53. The van der Waals surface area contributed by atoms with Crippen LogP contribution < -0.4 is 4.74 Å². The minimum absolute atomic E-state index is 0.175. The number of benzene rings is 1. The molecule has 0 spiro atoms. The third-order valence-corrected chi connectivity index (χ3v) is 4.74. The normalized spacial score (nSPS) is 17.2. The highest BCUT2D eigenvalue weighted by Gasteiger charge is 2.34. The van der Waals surface area contributed by atoms with E-state index in [0.29, 0.717) is 11.8 Å². The Morgan fingerprint density at radius 3 is 1.91 bits per heavy atom. The van der Waals surface area contributed by atoms with E-state index in [1.165, 1.54) is 24.0 Å². The molecule has 0 bridgehead atoms. The third-order valence-electron chi connectivity index (χ3n) is 4.74. The van der Waals surface area contributed by atoms with E-state index in [2.05, 4.69) is 67.5 Å². The SMILES string of the molecule is CC(C)Oc1cc(C(C)C)c(C(C)(C)C)c(C(C)C2CC2)c1. The Balaban J connectivity index is 2.61. The van der Waals surface area contributed by atoms with Crippen LogP contribution in [0.3, 0.4) is 0 Å². The second-order valence-corrected chi connectivity index (χ2v) is 8.67. The second kappa shape index (κ2) is 6.26. The summed E-state index contributed by atoms with van der Waals surface area (Å²) in [5.41, 5.74) is 4.72. The molecule has 1 aliphatic rings. The van der Waals surface area contributed by atoms with Crippen molar-refractivity contribution in [2.24, 2.45) is 5.92 Å². The highest BCUT2D eigenvalue weighted by molar-refractivity contribution is 5.49. The molecule has 0 radical (unpaired) electrons. The van der Waals surface area contributed by atoms with Gasteiger partial charge in [-0.05, 0) is 78.7 Å². The topological polar surface area (TPSA) is 9.23 Å². The van der Waals surface area contributed by atoms with E-state index in [1.54, 1.807) is 5.56 Å². The summed E-state index contributed by atoms with van der Waals surface area (Å²) in [5, 5.41) is 0. The largest absolute Gasteiger partial charge is 0.491 e. The molecule has 1 fully saturated rings. The first kappa shape index (κ1) is 17.4. The lowest BCUT2D eigenvalue weighted by Crippen LogP contribution is -2.20. The maximum atomic E-state index is 6.06. The first-order valence-corrected chi connectivity index (χ1v) is 8.96. The van der Waals surface area contributed by atoms with Gasteiger partial charge in [-0.3, -0.25) is 0 Å². The molecule has 1 unspecified atom stereocenters. The third kappa shape index (κ3) is 3.86. The van der Waals surface area contributed by atoms with Crippen molar-refractivity contribution in [2.75, 3.05) is 0 Å². The van der Waals surface area contributed by atoms with E-state index in [9.17, 15) is 0 Å². The van der Waals surface area contributed by atoms with Gasteiger partial charge in [0, 0.05) is 0 Å². The highest BCUT2D eigenvalue weighted by atomic mass is 16.5. The van der Waals surface area contributed by atoms with E-state index in [0.717, 1.165) is 11.7 Å². The predicted octanol–water partition coefficient (Wildman–Crippen LogP) is 6.41. The first-order valence-electron chi connectivity index (χ1n) is 8.96. The van der Waals surface area contributed by atoms with Gasteiger partial charge in [-0.15, -0.1) is 0 Å². The molecule has 1 nitrogen and oxygen atoms in total. The first-order chi connectivity index (χ1) is 10.1. The molecule has 1 atom stereocenters. The fraction of sp³-hybridized carbons (Fsp3) is 0.714. The van der Waals surface area contributed by atoms with Crippen molar-refractivity contribution in [1.82, 2.24) is 0 Å². The Morgan fingerprint density at radius 2 is 1.50 bits per heavy atom. The standard InChI is InChI=1S/C21H34O/c1-13(2)18-11-17(22-14(3)4)12-19(15(5)16-9-10-16)20(18)21(6,7)8/h11-16H,9-10H2,1-8H3. The minimum atomic E-state index is 0.175. The van der Waals surface area contributed by atoms with E-state index < -0.39 is 0 Å². The molecule has 0 aromatic heterocycles. The van der Waals surface area contributed by atoms with Crippen LogP contribution in [0.1, 0.15) is 96.8 Å². The number of hydrogen-bond acceptors (Lipinski definition) is 1. The molecular weight excluding hydrogens is 268 g/mol. The molecule has 1 aliphatic carbocycles. The van der Waals surface area contributed by atoms with E-state index >= 15 is 0 Å². The Bertz CT molecular complexity index is 515. The summed E-state index contributed by atoms with van der Waals surface area (Å²) in [6, 6.07) is 4.61. The van der Waals surface area contributed by atoms with Crippen molar-refractivity contribution < 1.29 is 4.74 Å². The maximum Gasteiger partial charge on any atom is 0.120 e. The smallest absolute Gasteiger partial charge is 0.120 e. The lowest BCUT2D eigenvalue weighted by Gasteiger charge is -2.31. The van der Waals surface area contributed by atoms with E-state index in [4.69, 9.17) is 4.74 Å². The van der Waals surface area contributed by atoms with Gasteiger partial charge in [-0.2, -0.15) is 0 Å². The predicted molar refractivity (Wildman–Crippen MR) is 96.1 cm³/mol. The van der Waals surface area contributed by atoms with Gasteiger partial charge in [-0.25, -0.2) is 0 Å². The lowest BCUT2D eigenvalue weighted by molar-refractivity contribution is 0.241. The summed E-state index contributed by atoms with van der Waals surface area (Å²) in [4.78, 5) is 0. The summed E-state index contributed by atoms with van der Waals surface area (Å²) in [5.74, 6) is 3.09. The summed E-state index contributed by atoms with van der Waals surface area (Å²) in [6.45, 7) is 18.3. The molecule has 1 aromatic carbocycles. The van der Waals surface area contributed by atoms with Crippen molar-refractivity contribution >= 4 is 0 Å². The van der Waals surface area contributed by atoms with Crippen molar-refractivity contribution in [1.29, 1.82) is 0 Å². The van der Waals surface area contributed by atoms with E-state index in [-0.39, 0.29) is 11.5 Å². The maximum absolute atomic E-state index is 6.06. The zero-order chi connectivity index (χ0) is 16.7. The van der Waals surface area contributed by atoms with Gasteiger partial charge < -0.3 is 4.74 Å². The van der Waals surface area contributed by atoms with Crippen LogP contribution in [0, 0.1) is 5.92 Å². The molecule has 0 N–H and O–H groups in total.